The van der Waals surface area contributed by atoms with Crippen molar-refractivity contribution in [3.8, 4) is 11.3 Å². The Bertz CT molecular complexity index is 490. The van der Waals surface area contributed by atoms with E-state index in [1.807, 2.05) is 37.5 Å². The molecule has 0 aliphatic rings. The molecule has 0 saturated heterocycles. The first-order chi connectivity index (χ1) is 8.74. The highest BCUT2D eigenvalue weighted by Gasteiger charge is 2.12. The highest BCUT2D eigenvalue weighted by molar-refractivity contribution is 6.30. The minimum Gasteiger partial charge on any atom is -0.342 e. The number of imidazole rings is 1. The van der Waals surface area contributed by atoms with Gasteiger partial charge >= 0.3 is 0 Å². The van der Waals surface area contributed by atoms with Crippen molar-refractivity contribution < 1.29 is 0 Å². The Hall–Kier alpha value is -1.32. The van der Waals surface area contributed by atoms with Gasteiger partial charge in [0.1, 0.15) is 5.82 Å². The lowest BCUT2D eigenvalue weighted by Crippen LogP contribution is -2.17. The standard InChI is InChI=1S/C14H18ClN3/c1-3-10(8-16-2)14-17-9-13(18-14)11-4-6-12(15)7-5-11/h4-7,9-10,16H,3,8H2,1-2H3,(H,17,18). The van der Waals surface area contributed by atoms with Crippen LogP contribution in [0.2, 0.25) is 5.02 Å². The lowest BCUT2D eigenvalue weighted by molar-refractivity contribution is 0.586. The molecule has 4 heteroatoms. The minimum absolute atomic E-state index is 0.427. The molecule has 0 spiro atoms. The molecule has 0 amide bonds. The third kappa shape index (κ3) is 2.92. The van der Waals surface area contributed by atoms with Gasteiger partial charge in [0.25, 0.3) is 0 Å². The molecule has 3 nitrogen and oxygen atoms in total. The van der Waals surface area contributed by atoms with Gasteiger partial charge in [-0.15, -0.1) is 0 Å². The van der Waals surface area contributed by atoms with Crippen molar-refractivity contribution in [2.24, 2.45) is 0 Å². The molecule has 2 aromatic rings. The van der Waals surface area contributed by atoms with E-state index in [4.69, 9.17) is 11.6 Å². The zero-order valence-electron chi connectivity index (χ0n) is 10.7. The van der Waals surface area contributed by atoms with Crippen molar-refractivity contribution in [2.45, 2.75) is 19.3 Å². The van der Waals surface area contributed by atoms with Crippen LogP contribution >= 0.6 is 11.6 Å². The summed E-state index contributed by atoms with van der Waals surface area (Å²) in [6.07, 6.45) is 2.95. The number of likely N-dealkylation sites (N-methyl/N-ethyl adjacent to an activating group) is 1. The van der Waals surface area contributed by atoms with E-state index in [-0.39, 0.29) is 0 Å². The molecule has 1 unspecified atom stereocenters. The fourth-order valence-corrected chi connectivity index (χ4v) is 2.13. The first-order valence-corrected chi connectivity index (χ1v) is 6.57. The van der Waals surface area contributed by atoms with Crippen LogP contribution < -0.4 is 5.32 Å². The number of hydrogen-bond donors (Lipinski definition) is 2. The second-order valence-electron chi connectivity index (χ2n) is 4.35. The van der Waals surface area contributed by atoms with E-state index in [2.05, 4.69) is 22.2 Å². The number of rotatable bonds is 5. The van der Waals surface area contributed by atoms with Gasteiger partial charge in [0, 0.05) is 17.5 Å². The Morgan fingerprint density at radius 3 is 2.67 bits per heavy atom. The van der Waals surface area contributed by atoms with Crippen LogP contribution in [0.3, 0.4) is 0 Å². The predicted octanol–water partition coefficient (Wildman–Crippen LogP) is 3.44. The third-order valence-electron chi connectivity index (χ3n) is 3.08. The van der Waals surface area contributed by atoms with E-state index in [1.165, 1.54) is 0 Å². The van der Waals surface area contributed by atoms with Crippen molar-refractivity contribution >= 4 is 11.6 Å². The van der Waals surface area contributed by atoms with Crippen LogP contribution in [0, 0.1) is 0 Å². The van der Waals surface area contributed by atoms with Crippen molar-refractivity contribution in [3.05, 3.63) is 41.3 Å². The first-order valence-electron chi connectivity index (χ1n) is 6.20. The molecule has 2 rings (SSSR count). The number of nitrogens with one attached hydrogen (secondary N) is 2. The van der Waals surface area contributed by atoms with Gasteiger partial charge in [0.05, 0.1) is 11.9 Å². The van der Waals surface area contributed by atoms with Crippen LogP contribution in [0.4, 0.5) is 0 Å². The van der Waals surface area contributed by atoms with Crippen LogP contribution in [0.25, 0.3) is 11.3 Å². The Morgan fingerprint density at radius 1 is 1.33 bits per heavy atom. The SMILES string of the molecule is CCC(CNC)c1ncc(-c2ccc(Cl)cc2)[nH]1. The number of aromatic nitrogens is 2. The molecule has 96 valence electrons. The van der Waals surface area contributed by atoms with E-state index in [9.17, 15) is 0 Å². The highest BCUT2D eigenvalue weighted by atomic mass is 35.5. The van der Waals surface area contributed by atoms with Gasteiger partial charge in [-0.05, 0) is 31.2 Å². The maximum Gasteiger partial charge on any atom is 0.110 e. The van der Waals surface area contributed by atoms with Crippen LogP contribution in [0.5, 0.6) is 0 Å². The number of H-pyrrole nitrogens is 1. The number of hydrogen-bond acceptors (Lipinski definition) is 2. The number of halogens is 1. The Labute approximate surface area is 113 Å². The lowest BCUT2D eigenvalue weighted by Gasteiger charge is -2.10. The van der Waals surface area contributed by atoms with Crippen LogP contribution in [0.1, 0.15) is 25.1 Å². The average Bonchev–Trinajstić information content (AvgIpc) is 2.86. The van der Waals surface area contributed by atoms with Crippen LogP contribution in [-0.2, 0) is 0 Å². The Kier molecular flexibility index (Phi) is 4.39. The van der Waals surface area contributed by atoms with E-state index in [1.54, 1.807) is 0 Å². The molecule has 1 aromatic carbocycles. The van der Waals surface area contributed by atoms with E-state index in [0.29, 0.717) is 5.92 Å². The van der Waals surface area contributed by atoms with E-state index >= 15 is 0 Å². The molecule has 0 aliphatic heterocycles. The maximum atomic E-state index is 5.88. The maximum absolute atomic E-state index is 5.88. The van der Waals surface area contributed by atoms with Crippen molar-refractivity contribution in [3.63, 3.8) is 0 Å². The molecule has 1 heterocycles. The normalized spacial score (nSPS) is 12.6. The molecular formula is C14H18ClN3. The molecule has 1 atom stereocenters. The first kappa shape index (κ1) is 13.1. The Morgan fingerprint density at radius 2 is 2.06 bits per heavy atom. The van der Waals surface area contributed by atoms with Gasteiger partial charge < -0.3 is 10.3 Å². The summed E-state index contributed by atoms with van der Waals surface area (Å²) in [5.41, 5.74) is 2.15. The fraction of sp³-hybridized carbons (Fsp3) is 0.357. The second kappa shape index (κ2) is 6.03. The summed E-state index contributed by atoms with van der Waals surface area (Å²) in [6.45, 7) is 3.11. The number of nitrogens with zero attached hydrogens (tertiary/aromatic N) is 1. The van der Waals surface area contributed by atoms with Gasteiger partial charge in [-0.25, -0.2) is 4.98 Å². The molecule has 0 saturated carbocycles. The summed E-state index contributed by atoms with van der Waals surface area (Å²) >= 11 is 5.88. The fourth-order valence-electron chi connectivity index (χ4n) is 2.00. The van der Waals surface area contributed by atoms with Crippen LogP contribution in [-0.4, -0.2) is 23.6 Å². The van der Waals surface area contributed by atoms with Gasteiger partial charge in [0.15, 0.2) is 0 Å². The third-order valence-corrected chi connectivity index (χ3v) is 3.33. The van der Waals surface area contributed by atoms with Crippen molar-refractivity contribution in [1.29, 1.82) is 0 Å². The van der Waals surface area contributed by atoms with Gasteiger partial charge in [0.2, 0.25) is 0 Å². The zero-order valence-corrected chi connectivity index (χ0v) is 11.5. The molecule has 1 aromatic heterocycles. The summed E-state index contributed by atoms with van der Waals surface area (Å²) in [7, 11) is 1.96. The predicted molar refractivity (Wildman–Crippen MR) is 76.0 cm³/mol. The van der Waals surface area contributed by atoms with Gasteiger partial charge in [-0.1, -0.05) is 30.7 Å². The Balaban J connectivity index is 2.21. The molecule has 18 heavy (non-hydrogen) atoms. The smallest absolute Gasteiger partial charge is 0.110 e. The molecule has 0 bridgehead atoms. The molecule has 2 N–H and O–H groups in total. The molecule has 0 radical (unpaired) electrons. The quantitative estimate of drug-likeness (QED) is 0.868. The van der Waals surface area contributed by atoms with Gasteiger partial charge in [-0.3, -0.25) is 0 Å². The largest absolute Gasteiger partial charge is 0.342 e. The monoisotopic (exact) mass is 263 g/mol. The summed E-state index contributed by atoms with van der Waals surface area (Å²) < 4.78 is 0. The van der Waals surface area contributed by atoms with Crippen molar-refractivity contribution in [1.82, 2.24) is 15.3 Å². The minimum atomic E-state index is 0.427. The highest BCUT2D eigenvalue weighted by Crippen LogP contribution is 2.22. The van der Waals surface area contributed by atoms with E-state index < -0.39 is 0 Å². The summed E-state index contributed by atoms with van der Waals surface area (Å²) in [5.74, 6) is 1.47. The lowest BCUT2D eigenvalue weighted by atomic mass is 10.1. The molecule has 0 aliphatic carbocycles. The summed E-state index contributed by atoms with van der Waals surface area (Å²) in [4.78, 5) is 7.87. The second-order valence-corrected chi connectivity index (χ2v) is 4.79. The topological polar surface area (TPSA) is 40.7 Å². The number of benzene rings is 1. The molecular weight excluding hydrogens is 246 g/mol. The summed E-state index contributed by atoms with van der Waals surface area (Å²) in [6, 6.07) is 7.78. The summed E-state index contributed by atoms with van der Waals surface area (Å²) in [5, 5.41) is 3.95. The average molecular weight is 264 g/mol. The van der Waals surface area contributed by atoms with Gasteiger partial charge in [-0.2, -0.15) is 0 Å². The van der Waals surface area contributed by atoms with Crippen LogP contribution in [0.15, 0.2) is 30.5 Å². The van der Waals surface area contributed by atoms with E-state index in [0.717, 1.165) is 35.1 Å². The molecule has 0 fully saturated rings. The zero-order chi connectivity index (χ0) is 13.0. The van der Waals surface area contributed by atoms with Crippen molar-refractivity contribution in [2.75, 3.05) is 13.6 Å². The number of aromatic amines is 1.